The Morgan fingerprint density at radius 1 is 1.35 bits per heavy atom. The molecule has 0 aliphatic heterocycles. The Kier molecular flexibility index (Phi) is 4.53. The molecule has 2 heteroatoms. The van der Waals surface area contributed by atoms with Crippen molar-refractivity contribution in [3.63, 3.8) is 0 Å². The van der Waals surface area contributed by atoms with Crippen molar-refractivity contribution in [1.82, 2.24) is 0 Å². The average Bonchev–Trinajstić information content (AvgIpc) is 2.32. The highest BCUT2D eigenvalue weighted by Gasteiger charge is 2.42. The Bertz CT molecular complexity index is 468. The molecule has 0 spiro atoms. The fourth-order valence-corrected chi connectivity index (χ4v) is 3.93. The molecule has 2 rings (SSSR count). The van der Waals surface area contributed by atoms with E-state index < -0.39 is 5.60 Å². The van der Waals surface area contributed by atoms with Crippen molar-refractivity contribution >= 4 is 0 Å². The van der Waals surface area contributed by atoms with Crippen LogP contribution in [0.4, 0.5) is 4.39 Å². The van der Waals surface area contributed by atoms with Crippen LogP contribution in [0.25, 0.3) is 0 Å². The van der Waals surface area contributed by atoms with Crippen LogP contribution < -0.4 is 0 Å². The summed E-state index contributed by atoms with van der Waals surface area (Å²) in [6.45, 7) is 8.55. The maximum atomic E-state index is 13.2. The molecule has 0 aromatic heterocycles. The van der Waals surface area contributed by atoms with Crippen LogP contribution in [0.15, 0.2) is 18.2 Å². The van der Waals surface area contributed by atoms with E-state index in [0.29, 0.717) is 24.2 Å². The number of halogens is 1. The number of aliphatic hydroxyl groups is 1. The minimum Gasteiger partial charge on any atom is -0.389 e. The van der Waals surface area contributed by atoms with Crippen molar-refractivity contribution in [2.45, 2.75) is 59.0 Å². The van der Waals surface area contributed by atoms with Crippen LogP contribution in [0.5, 0.6) is 0 Å². The van der Waals surface area contributed by atoms with E-state index in [9.17, 15) is 9.50 Å². The third kappa shape index (κ3) is 3.22. The molecule has 3 unspecified atom stereocenters. The van der Waals surface area contributed by atoms with Gasteiger partial charge in [0.1, 0.15) is 5.82 Å². The SMILES string of the molecule is Cc1cc(F)ccc1CC1(O)CC(C)CCC1C(C)C. The minimum absolute atomic E-state index is 0.198. The summed E-state index contributed by atoms with van der Waals surface area (Å²) in [5, 5.41) is 11.2. The zero-order valence-corrected chi connectivity index (χ0v) is 13.1. The van der Waals surface area contributed by atoms with Gasteiger partial charge in [-0.05, 0) is 60.8 Å². The molecule has 1 aromatic rings. The molecule has 0 saturated heterocycles. The van der Waals surface area contributed by atoms with Crippen molar-refractivity contribution in [1.29, 1.82) is 0 Å². The molecule has 0 heterocycles. The van der Waals surface area contributed by atoms with Crippen molar-refractivity contribution < 1.29 is 9.50 Å². The predicted octanol–water partition coefficient (Wildman–Crippen LogP) is 4.50. The van der Waals surface area contributed by atoms with E-state index >= 15 is 0 Å². The Balaban J connectivity index is 2.26. The van der Waals surface area contributed by atoms with Gasteiger partial charge in [0.2, 0.25) is 0 Å². The lowest BCUT2D eigenvalue weighted by Gasteiger charge is -2.45. The number of benzene rings is 1. The molecule has 3 atom stereocenters. The maximum Gasteiger partial charge on any atom is 0.123 e. The van der Waals surface area contributed by atoms with E-state index in [4.69, 9.17) is 0 Å². The Morgan fingerprint density at radius 2 is 2.05 bits per heavy atom. The van der Waals surface area contributed by atoms with Gasteiger partial charge in [-0.15, -0.1) is 0 Å². The fourth-order valence-electron chi connectivity index (χ4n) is 3.93. The Morgan fingerprint density at radius 3 is 2.65 bits per heavy atom. The highest BCUT2D eigenvalue weighted by Crippen LogP contribution is 2.43. The second-order valence-corrected chi connectivity index (χ2v) is 7.09. The number of aryl methyl sites for hydroxylation is 1. The van der Waals surface area contributed by atoms with Gasteiger partial charge in [-0.25, -0.2) is 4.39 Å². The molecule has 0 radical (unpaired) electrons. The molecule has 112 valence electrons. The van der Waals surface area contributed by atoms with Crippen molar-refractivity contribution in [2.75, 3.05) is 0 Å². The first-order chi connectivity index (χ1) is 9.32. The highest BCUT2D eigenvalue weighted by molar-refractivity contribution is 5.28. The maximum absolute atomic E-state index is 13.2. The van der Waals surface area contributed by atoms with Crippen molar-refractivity contribution in [3.8, 4) is 0 Å². The van der Waals surface area contributed by atoms with Gasteiger partial charge in [0.05, 0.1) is 5.60 Å². The van der Waals surface area contributed by atoms with Gasteiger partial charge < -0.3 is 5.11 Å². The largest absolute Gasteiger partial charge is 0.389 e. The zero-order chi connectivity index (χ0) is 14.9. The third-order valence-corrected chi connectivity index (χ3v) is 4.97. The number of hydrogen-bond donors (Lipinski definition) is 1. The molecule has 1 N–H and O–H groups in total. The second-order valence-electron chi connectivity index (χ2n) is 7.09. The number of hydrogen-bond acceptors (Lipinski definition) is 1. The van der Waals surface area contributed by atoms with Crippen LogP contribution in [-0.4, -0.2) is 10.7 Å². The molecule has 0 bridgehead atoms. The zero-order valence-electron chi connectivity index (χ0n) is 13.1. The van der Waals surface area contributed by atoms with E-state index in [0.717, 1.165) is 24.0 Å². The minimum atomic E-state index is -0.644. The van der Waals surface area contributed by atoms with Gasteiger partial charge in [-0.3, -0.25) is 0 Å². The molecule has 1 fully saturated rings. The Hall–Kier alpha value is -0.890. The highest BCUT2D eigenvalue weighted by atomic mass is 19.1. The van der Waals surface area contributed by atoms with E-state index in [2.05, 4.69) is 20.8 Å². The number of rotatable bonds is 3. The van der Waals surface area contributed by atoms with E-state index in [1.165, 1.54) is 12.5 Å². The summed E-state index contributed by atoms with van der Waals surface area (Å²) in [6.07, 6.45) is 3.79. The first-order valence-electron chi connectivity index (χ1n) is 7.79. The molecule has 1 aliphatic carbocycles. The summed E-state index contributed by atoms with van der Waals surface area (Å²) < 4.78 is 13.2. The van der Waals surface area contributed by atoms with Crippen molar-refractivity contribution in [3.05, 3.63) is 35.1 Å². The molecule has 1 aliphatic rings. The van der Waals surface area contributed by atoms with Crippen LogP contribution >= 0.6 is 0 Å². The molecular formula is C18H27FO. The summed E-state index contributed by atoms with van der Waals surface area (Å²) in [4.78, 5) is 0. The molecule has 1 saturated carbocycles. The van der Waals surface area contributed by atoms with Crippen LogP contribution in [0.3, 0.4) is 0 Å². The first-order valence-corrected chi connectivity index (χ1v) is 7.79. The average molecular weight is 278 g/mol. The lowest BCUT2D eigenvalue weighted by atomic mass is 9.65. The van der Waals surface area contributed by atoms with Gasteiger partial charge in [0.15, 0.2) is 0 Å². The monoisotopic (exact) mass is 278 g/mol. The van der Waals surface area contributed by atoms with E-state index in [1.807, 2.05) is 13.0 Å². The van der Waals surface area contributed by atoms with E-state index in [-0.39, 0.29) is 5.82 Å². The van der Waals surface area contributed by atoms with Crippen molar-refractivity contribution in [2.24, 2.45) is 17.8 Å². The van der Waals surface area contributed by atoms with Gasteiger partial charge in [0, 0.05) is 6.42 Å². The lowest BCUT2D eigenvalue weighted by molar-refractivity contribution is -0.0796. The second kappa shape index (κ2) is 5.85. The van der Waals surface area contributed by atoms with Gasteiger partial charge >= 0.3 is 0 Å². The van der Waals surface area contributed by atoms with E-state index in [1.54, 1.807) is 6.07 Å². The standard InChI is InChI=1S/C18H27FO/c1-12(2)17-8-5-13(3)10-18(17,20)11-15-6-7-16(19)9-14(15)4/h6-7,9,12-13,17,20H,5,8,10-11H2,1-4H3. The third-order valence-electron chi connectivity index (χ3n) is 4.97. The van der Waals surface area contributed by atoms with Gasteiger partial charge in [0.25, 0.3) is 0 Å². The summed E-state index contributed by atoms with van der Waals surface area (Å²) in [6, 6.07) is 4.90. The first kappa shape index (κ1) is 15.5. The molecule has 1 aromatic carbocycles. The predicted molar refractivity (Wildman–Crippen MR) is 81.1 cm³/mol. The van der Waals surface area contributed by atoms with Gasteiger partial charge in [-0.2, -0.15) is 0 Å². The van der Waals surface area contributed by atoms with Crippen LogP contribution in [-0.2, 0) is 6.42 Å². The summed E-state index contributed by atoms with van der Waals surface area (Å²) >= 11 is 0. The molecular weight excluding hydrogens is 251 g/mol. The van der Waals surface area contributed by atoms with Gasteiger partial charge in [-0.1, -0.05) is 33.3 Å². The molecule has 20 heavy (non-hydrogen) atoms. The summed E-state index contributed by atoms with van der Waals surface area (Å²) in [7, 11) is 0. The normalized spacial score (nSPS) is 30.8. The summed E-state index contributed by atoms with van der Waals surface area (Å²) in [5.41, 5.74) is 1.38. The van der Waals surface area contributed by atoms with Crippen LogP contribution in [0.2, 0.25) is 0 Å². The summed E-state index contributed by atoms with van der Waals surface area (Å²) in [5.74, 6) is 1.18. The molecule has 0 amide bonds. The smallest absolute Gasteiger partial charge is 0.123 e. The topological polar surface area (TPSA) is 20.2 Å². The fraction of sp³-hybridized carbons (Fsp3) is 0.667. The molecule has 1 nitrogen and oxygen atoms in total. The van der Waals surface area contributed by atoms with Crippen LogP contribution in [0, 0.1) is 30.5 Å². The quantitative estimate of drug-likeness (QED) is 0.863. The Labute approximate surface area is 122 Å². The lowest BCUT2D eigenvalue weighted by Crippen LogP contribution is -2.47. The van der Waals surface area contributed by atoms with Crippen LogP contribution in [0.1, 0.15) is 51.2 Å².